The summed E-state index contributed by atoms with van der Waals surface area (Å²) in [6.45, 7) is 12.7. The third-order valence-corrected chi connectivity index (χ3v) is 4.10. The molecule has 0 spiro atoms. The minimum Gasteiger partial charge on any atom is -0.508 e. The summed E-state index contributed by atoms with van der Waals surface area (Å²) in [5.41, 5.74) is -2.24. The lowest BCUT2D eigenvalue weighted by Crippen LogP contribution is -2.41. The Morgan fingerprint density at radius 3 is 1.92 bits per heavy atom. The molecule has 0 aliphatic carbocycles. The lowest BCUT2D eigenvalue weighted by atomic mass is 9.72. The molecule has 0 bridgehead atoms. The van der Waals surface area contributed by atoms with Crippen LogP contribution in [0.5, 0.6) is 11.5 Å². The summed E-state index contributed by atoms with van der Waals surface area (Å²) in [6, 6.07) is 5.97. The summed E-state index contributed by atoms with van der Waals surface area (Å²) in [7, 11) is 0. The van der Waals surface area contributed by atoms with E-state index in [2.05, 4.69) is 0 Å². The molecule has 1 rings (SSSR count). The number of aromatic hydroxyl groups is 1. The second-order valence-electron chi connectivity index (χ2n) is 8.36. The van der Waals surface area contributed by atoms with Crippen molar-refractivity contribution in [1.29, 1.82) is 0 Å². The first-order chi connectivity index (χ1) is 11.3. The maximum absolute atomic E-state index is 12.7. The molecule has 1 unspecified atom stereocenters. The minimum atomic E-state index is -0.835. The molecule has 5 heteroatoms. The van der Waals surface area contributed by atoms with E-state index in [4.69, 9.17) is 9.47 Å². The van der Waals surface area contributed by atoms with Crippen LogP contribution in [0.1, 0.15) is 61.3 Å². The predicted octanol–water partition coefficient (Wildman–Crippen LogP) is 4.47. The molecule has 0 aliphatic heterocycles. The summed E-state index contributed by atoms with van der Waals surface area (Å²) in [5.74, 6) is -0.281. The van der Waals surface area contributed by atoms with Gasteiger partial charge in [0.15, 0.2) is 0 Å². The van der Waals surface area contributed by atoms with E-state index < -0.39 is 22.4 Å². The Bertz CT molecular complexity index is 610. The molecular formula is C20H30O5. The van der Waals surface area contributed by atoms with Crippen molar-refractivity contribution >= 4 is 11.9 Å². The molecule has 5 nitrogen and oxygen atoms in total. The number of phenolic OH excluding ortho intramolecular Hbond substituents is 1. The summed E-state index contributed by atoms with van der Waals surface area (Å²) >= 11 is 0. The molecular weight excluding hydrogens is 320 g/mol. The van der Waals surface area contributed by atoms with Crippen molar-refractivity contribution in [3.05, 3.63) is 24.3 Å². The van der Waals surface area contributed by atoms with Gasteiger partial charge in [-0.25, -0.2) is 0 Å². The molecule has 0 aromatic heterocycles. The zero-order valence-electron chi connectivity index (χ0n) is 16.3. The first kappa shape index (κ1) is 21.0. The fourth-order valence-corrected chi connectivity index (χ4v) is 2.55. The van der Waals surface area contributed by atoms with Crippen LogP contribution < -0.4 is 4.74 Å². The van der Waals surface area contributed by atoms with Gasteiger partial charge < -0.3 is 14.6 Å². The number of rotatable bonds is 6. The summed E-state index contributed by atoms with van der Waals surface area (Å²) in [6.07, 6.45) is 0.832. The fourth-order valence-electron chi connectivity index (χ4n) is 2.55. The van der Waals surface area contributed by atoms with Crippen LogP contribution in [-0.2, 0) is 14.3 Å². The predicted molar refractivity (Wildman–Crippen MR) is 96.4 cm³/mol. The molecule has 1 aromatic rings. The Balaban J connectivity index is 2.91. The Kier molecular flexibility index (Phi) is 6.27. The van der Waals surface area contributed by atoms with Gasteiger partial charge in [-0.2, -0.15) is 0 Å². The van der Waals surface area contributed by atoms with Gasteiger partial charge in [0, 0.05) is 0 Å². The van der Waals surface area contributed by atoms with E-state index in [-0.39, 0.29) is 11.7 Å². The molecule has 1 atom stereocenters. The lowest BCUT2D eigenvalue weighted by Gasteiger charge is -2.35. The van der Waals surface area contributed by atoms with Gasteiger partial charge in [0.05, 0.1) is 10.8 Å². The summed E-state index contributed by atoms with van der Waals surface area (Å²) in [5, 5.41) is 9.31. The standard InChI is InChI=1S/C20H30O5/c1-8-20(7,13-19(5,6)16(22)25-18(2,3)4)17(23)24-15-11-9-14(21)10-12-15/h9-12,21H,8,13H2,1-7H3. The molecule has 0 aliphatic rings. The number of benzene rings is 1. The van der Waals surface area contributed by atoms with E-state index >= 15 is 0 Å². The van der Waals surface area contributed by atoms with Crippen molar-refractivity contribution < 1.29 is 24.2 Å². The number of phenols is 1. The van der Waals surface area contributed by atoms with Gasteiger partial charge in [-0.3, -0.25) is 9.59 Å². The third-order valence-electron chi connectivity index (χ3n) is 4.10. The molecule has 25 heavy (non-hydrogen) atoms. The first-order valence-electron chi connectivity index (χ1n) is 8.54. The van der Waals surface area contributed by atoms with Gasteiger partial charge >= 0.3 is 11.9 Å². The van der Waals surface area contributed by atoms with Crippen LogP contribution in [0.25, 0.3) is 0 Å². The Morgan fingerprint density at radius 2 is 1.48 bits per heavy atom. The minimum absolute atomic E-state index is 0.101. The highest BCUT2D eigenvalue weighted by Gasteiger charge is 2.44. The largest absolute Gasteiger partial charge is 0.508 e. The zero-order valence-corrected chi connectivity index (χ0v) is 16.3. The topological polar surface area (TPSA) is 72.8 Å². The van der Waals surface area contributed by atoms with Crippen LogP contribution in [0, 0.1) is 10.8 Å². The summed E-state index contributed by atoms with van der Waals surface area (Å²) in [4.78, 5) is 25.2. The summed E-state index contributed by atoms with van der Waals surface area (Å²) < 4.78 is 10.9. The van der Waals surface area contributed by atoms with Gasteiger partial charge in [0.25, 0.3) is 0 Å². The van der Waals surface area contributed by atoms with E-state index in [1.807, 2.05) is 27.7 Å². The Hall–Kier alpha value is -2.04. The van der Waals surface area contributed by atoms with E-state index in [0.717, 1.165) is 0 Å². The van der Waals surface area contributed by atoms with Gasteiger partial charge in [-0.05, 0) is 78.6 Å². The molecule has 0 heterocycles. The number of carbonyl (C=O) groups excluding carboxylic acids is 2. The van der Waals surface area contributed by atoms with Crippen molar-refractivity contribution in [3.8, 4) is 11.5 Å². The lowest BCUT2D eigenvalue weighted by molar-refractivity contribution is -0.169. The number of ether oxygens (including phenoxy) is 2. The smallest absolute Gasteiger partial charge is 0.317 e. The van der Waals surface area contributed by atoms with Crippen molar-refractivity contribution in [2.24, 2.45) is 10.8 Å². The van der Waals surface area contributed by atoms with Crippen molar-refractivity contribution in [2.45, 2.75) is 66.9 Å². The average molecular weight is 350 g/mol. The van der Waals surface area contributed by atoms with Gasteiger partial charge in [-0.15, -0.1) is 0 Å². The van der Waals surface area contributed by atoms with E-state index in [1.54, 1.807) is 20.8 Å². The quantitative estimate of drug-likeness (QED) is 0.605. The SMILES string of the molecule is CCC(C)(CC(C)(C)C(=O)OC(C)(C)C)C(=O)Oc1ccc(O)cc1. The number of carbonyl (C=O) groups is 2. The van der Waals surface area contributed by atoms with E-state index in [1.165, 1.54) is 24.3 Å². The van der Waals surface area contributed by atoms with Crippen molar-refractivity contribution in [3.63, 3.8) is 0 Å². The monoisotopic (exact) mass is 350 g/mol. The average Bonchev–Trinajstić information content (AvgIpc) is 2.47. The van der Waals surface area contributed by atoms with Gasteiger partial charge in [0.2, 0.25) is 0 Å². The maximum atomic E-state index is 12.7. The van der Waals surface area contributed by atoms with E-state index in [0.29, 0.717) is 18.6 Å². The highest BCUT2D eigenvalue weighted by atomic mass is 16.6. The second kappa shape index (κ2) is 7.46. The van der Waals surface area contributed by atoms with Crippen molar-refractivity contribution in [2.75, 3.05) is 0 Å². The molecule has 0 radical (unpaired) electrons. The van der Waals surface area contributed by atoms with Crippen LogP contribution in [-0.4, -0.2) is 22.6 Å². The van der Waals surface area contributed by atoms with Gasteiger partial charge in [-0.1, -0.05) is 6.92 Å². The van der Waals surface area contributed by atoms with Gasteiger partial charge in [0.1, 0.15) is 17.1 Å². The van der Waals surface area contributed by atoms with E-state index in [9.17, 15) is 14.7 Å². The molecule has 1 N–H and O–H groups in total. The molecule has 0 fully saturated rings. The van der Waals surface area contributed by atoms with Crippen LogP contribution in [0.2, 0.25) is 0 Å². The Morgan fingerprint density at radius 1 is 0.960 bits per heavy atom. The molecule has 1 aromatic carbocycles. The Labute approximate surface area is 150 Å². The van der Waals surface area contributed by atoms with Crippen LogP contribution >= 0.6 is 0 Å². The van der Waals surface area contributed by atoms with Crippen LogP contribution in [0.3, 0.4) is 0 Å². The molecule has 0 amide bonds. The highest BCUT2D eigenvalue weighted by molar-refractivity contribution is 5.81. The normalized spacial score (nSPS) is 14.5. The third kappa shape index (κ3) is 6.07. The zero-order chi connectivity index (χ0) is 19.5. The molecule has 0 saturated carbocycles. The maximum Gasteiger partial charge on any atom is 0.317 e. The number of hydrogen-bond donors (Lipinski definition) is 1. The van der Waals surface area contributed by atoms with Crippen LogP contribution in [0.4, 0.5) is 0 Å². The molecule has 0 saturated heterocycles. The fraction of sp³-hybridized carbons (Fsp3) is 0.600. The number of hydrogen-bond acceptors (Lipinski definition) is 5. The van der Waals surface area contributed by atoms with Crippen molar-refractivity contribution in [1.82, 2.24) is 0 Å². The molecule has 140 valence electrons. The highest BCUT2D eigenvalue weighted by Crippen LogP contribution is 2.39. The first-order valence-corrected chi connectivity index (χ1v) is 8.54. The van der Waals surface area contributed by atoms with Crippen LogP contribution in [0.15, 0.2) is 24.3 Å². The number of esters is 2. The second-order valence-corrected chi connectivity index (χ2v) is 8.36.